The third-order valence-corrected chi connectivity index (χ3v) is 2.14. The molecule has 100 valence electrons. The molecular weight excluding hydrogens is 252 g/mol. The number of aromatic nitrogens is 4. The molecule has 0 radical (unpaired) electrons. The third-order valence-electron chi connectivity index (χ3n) is 2.14. The van der Waals surface area contributed by atoms with Crippen molar-refractivity contribution < 1.29 is 19.3 Å². The van der Waals surface area contributed by atoms with Crippen molar-refractivity contribution in [1.29, 1.82) is 0 Å². The summed E-state index contributed by atoms with van der Waals surface area (Å²) in [5, 5.41) is 9.15. The molecule has 0 amide bonds. The van der Waals surface area contributed by atoms with Gasteiger partial charge in [0.25, 0.3) is 0 Å². The fourth-order valence-electron chi connectivity index (χ4n) is 1.28. The number of pyridine rings is 1. The Morgan fingerprint density at radius 3 is 2.26 bits per heavy atom. The zero-order valence-corrected chi connectivity index (χ0v) is 10.4. The molecule has 2 aromatic rings. The van der Waals surface area contributed by atoms with Gasteiger partial charge in [0.2, 0.25) is 0 Å². The highest BCUT2D eigenvalue weighted by Crippen LogP contribution is 2.23. The van der Waals surface area contributed by atoms with Crippen LogP contribution in [0.1, 0.15) is 5.69 Å². The second-order valence-electron chi connectivity index (χ2n) is 3.30. The molecule has 0 atom stereocenters. The molecule has 19 heavy (non-hydrogen) atoms. The van der Waals surface area contributed by atoms with Gasteiger partial charge in [-0.25, -0.2) is 0 Å². The maximum absolute atomic E-state index is 9.15. The van der Waals surface area contributed by atoms with Gasteiger partial charge in [-0.2, -0.15) is 0 Å². The van der Waals surface area contributed by atoms with Crippen LogP contribution >= 0.6 is 0 Å². The van der Waals surface area contributed by atoms with Crippen molar-refractivity contribution in [3.63, 3.8) is 0 Å². The minimum Gasteiger partial charge on any atom is -0.467 e. The van der Waals surface area contributed by atoms with Crippen LogP contribution in [0, 0.1) is 0 Å². The van der Waals surface area contributed by atoms with Crippen LogP contribution in [0.2, 0.25) is 0 Å². The van der Waals surface area contributed by atoms with Crippen molar-refractivity contribution in [3.8, 4) is 23.8 Å². The third kappa shape index (κ3) is 3.05. The smallest absolute Gasteiger partial charge is 0.331 e. The van der Waals surface area contributed by atoms with Crippen LogP contribution in [0.15, 0.2) is 18.3 Å². The van der Waals surface area contributed by atoms with Crippen molar-refractivity contribution >= 4 is 0 Å². The van der Waals surface area contributed by atoms with Gasteiger partial charge in [0.15, 0.2) is 5.75 Å². The number of aliphatic hydroxyl groups excluding tert-OH is 1. The van der Waals surface area contributed by atoms with E-state index in [1.54, 1.807) is 18.3 Å². The topological polar surface area (TPSA) is 99.5 Å². The summed E-state index contributed by atoms with van der Waals surface area (Å²) in [4.78, 5) is 15.6. The molecule has 8 nitrogen and oxygen atoms in total. The summed E-state index contributed by atoms with van der Waals surface area (Å²) in [5.74, 6) is 0.348. The molecule has 0 saturated carbocycles. The van der Waals surface area contributed by atoms with Gasteiger partial charge in [0.1, 0.15) is 5.69 Å². The lowest BCUT2D eigenvalue weighted by Gasteiger charge is -2.08. The Balaban J connectivity index is 2.32. The standard InChI is InChI=1S/C11H12N4O4/c1-17-9-13-10(18-2)15-11(14-9)19-8-4-3-5-12-7(8)6-16/h3-5,16H,6H2,1-2H3. The predicted molar refractivity (Wildman–Crippen MR) is 63.2 cm³/mol. The summed E-state index contributed by atoms with van der Waals surface area (Å²) in [5.41, 5.74) is 0.376. The van der Waals surface area contributed by atoms with Crippen LogP contribution in [0.3, 0.4) is 0 Å². The first kappa shape index (κ1) is 13.0. The lowest BCUT2D eigenvalue weighted by Crippen LogP contribution is -2.02. The summed E-state index contributed by atoms with van der Waals surface area (Å²) in [6.45, 7) is -0.254. The average molecular weight is 264 g/mol. The lowest BCUT2D eigenvalue weighted by atomic mass is 10.3. The van der Waals surface area contributed by atoms with E-state index in [1.807, 2.05) is 0 Å². The highest BCUT2D eigenvalue weighted by atomic mass is 16.5. The number of ether oxygens (including phenoxy) is 3. The Labute approximate surface area is 109 Å². The molecule has 1 N–H and O–H groups in total. The fourth-order valence-corrected chi connectivity index (χ4v) is 1.28. The van der Waals surface area contributed by atoms with Gasteiger partial charge in [-0.05, 0) is 12.1 Å². The molecule has 2 heterocycles. The Morgan fingerprint density at radius 1 is 1.05 bits per heavy atom. The number of hydrogen-bond donors (Lipinski definition) is 1. The average Bonchev–Trinajstić information content (AvgIpc) is 2.47. The first-order valence-corrected chi connectivity index (χ1v) is 5.33. The normalized spacial score (nSPS) is 10.1. The van der Waals surface area contributed by atoms with Gasteiger partial charge in [-0.3, -0.25) is 4.98 Å². The van der Waals surface area contributed by atoms with E-state index < -0.39 is 0 Å². The summed E-state index contributed by atoms with van der Waals surface area (Å²) < 4.78 is 15.2. The fraction of sp³-hybridized carbons (Fsp3) is 0.273. The Morgan fingerprint density at radius 2 is 1.68 bits per heavy atom. The minimum atomic E-state index is -0.254. The van der Waals surface area contributed by atoms with E-state index in [0.717, 1.165) is 0 Å². The van der Waals surface area contributed by atoms with Crippen LogP contribution in [-0.2, 0) is 6.61 Å². The molecular formula is C11H12N4O4. The molecule has 8 heteroatoms. The number of methoxy groups -OCH3 is 2. The van der Waals surface area contributed by atoms with Crippen molar-refractivity contribution in [2.45, 2.75) is 6.61 Å². The molecule has 0 aliphatic heterocycles. The molecule has 0 spiro atoms. The van der Waals surface area contributed by atoms with Crippen LogP contribution in [-0.4, -0.2) is 39.3 Å². The number of rotatable bonds is 5. The van der Waals surface area contributed by atoms with Gasteiger partial charge in [-0.1, -0.05) is 0 Å². The first-order chi connectivity index (χ1) is 9.26. The van der Waals surface area contributed by atoms with Gasteiger partial charge in [-0.15, -0.1) is 15.0 Å². The predicted octanol–water partition coefficient (Wildman–Crippen LogP) is 0.568. The van der Waals surface area contributed by atoms with Gasteiger partial charge >= 0.3 is 18.0 Å². The van der Waals surface area contributed by atoms with E-state index in [4.69, 9.17) is 19.3 Å². The Hall–Kier alpha value is -2.48. The summed E-state index contributed by atoms with van der Waals surface area (Å²) in [7, 11) is 2.84. The maximum Gasteiger partial charge on any atom is 0.331 e. The SMILES string of the molecule is COc1nc(OC)nc(Oc2cccnc2CO)n1. The van der Waals surface area contributed by atoms with Crippen LogP contribution in [0.4, 0.5) is 0 Å². The van der Waals surface area contributed by atoms with Crippen molar-refractivity contribution in [2.75, 3.05) is 14.2 Å². The second-order valence-corrected chi connectivity index (χ2v) is 3.30. The summed E-state index contributed by atoms with van der Waals surface area (Å²) >= 11 is 0. The molecule has 2 aromatic heterocycles. The number of aliphatic hydroxyl groups is 1. The Bertz CT molecular complexity index is 542. The number of nitrogens with zero attached hydrogens (tertiary/aromatic N) is 4. The minimum absolute atomic E-state index is 0.00796. The molecule has 0 aliphatic rings. The zero-order valence-electron chi connectivity index (χ0n) is 10.4. The van der Waals surface area contributed by atoms with Crippen molar-refractivity contribution in [1.82, 2.24) is 19.9 Å². The highest BCUT2D eigenvalue weighted by molar-refractivity contribution is 5.29. The molecule has 0 fully saturated rings. The van der Waals surface area contributed by atoms with Gasteiger partial charge in [0.05, 0.1) is 20.8 Å². The largest absolute Gasteiger partial charge is 0.467 e. The van der Waals surface area contributed by atoms with E-state index in [-0.39, 0.29) is 24.6 Å². The highest BCUT2D eigenvalue weighted by Gasteiger charge is 2.11. The zero-order chi connectivity index (χ0) is 13.7. The van der Waals surface area contributed by atoms with E-state index >= 15 is 0 Å². The summed E-state index contributed by atoms with van der Waals surface area (Å²) in [6.07, 6.45) is 1.55. The molecule has 0 unspecified atom stereocenters. The molecule has 2 rings (SSSR count). The van der Waals surface area contributed by atoms with E-state index in [2.05, 4.69) is 19.9 Å². The Kier molecular flexibility index (Phi) is 4.04. The van der Waals surface area contributed by atoms with E-state index in [9.17, 15) is 0 Å². The maximum atomic E-state index is 9.15. The number of hydrogen-bond acceptors (Lipinski definition) is 8. The molecule has 0 saturated heterocycles. The monoisotopic (exact) mass is 264 g/mol. The van der Waals surface area contributed by atoms with Crippen LogP contribution < -0.4 is 14.2 Å². The first-order valence-electron chi connectivity index (χ1n) is 5.33. The van der Waals surface area contributed by atoms with E-state index in [1.165, 1.54) is 14.2 Å². The van der Waals surface area contributed by atoms with Crippen LogP contribution in [0.25, 0.3) is 0 Å². The summed E-state index contributed by atoms with van der Waals surface area (Å²) in [6, 6.07) is 3.44. The molecule has 0 bridgehead atoms. The second kappa shape index (κ2) is 5.91. The van der Waals surface area contributed by atoms with Gasteiger partial charge in [0, 0.05) is 6.20 Å². The van der Waals surface area contributed by atoms with Gasteiger partial charge < -0.3 is 19.3 Å². The van der Waals surface area contributed by atoms with Crippen molar-refractivity contribution in [2.24, 2.45) is 0 Å². The quantitative estimate of drug-likeness (QED) is 0.836. The lowest BCUT2D eigenvalue weighted by molar-refractivity contribution is 0.268. The van der Waals surface area contributed by atoms with Crippen LogP contribution in [0.5, 0.6) is 23.8 Å². The van der Waals surface area contributed by atoms with Crippen molar-refractivity contribution in [3.05, 3.63) is 24.0 Å². The molecule has 0 aromatic carbocycles. The van der Waals surface area contributed by atoms with E-state index in [0.29, 0.717) is 11.4 Å². The molecule has 0 aliphatic carbocycles.